The number of fused-ring (bicyclic) bond motifs is 1. The lowest BCUT2D eigenvalue weighted by atomic mass is 10.0. The van der Waals surface area contributed by atoms with Crippen LogP contribution in [0.25, 0.3) is 10.8 Å². The van der Waals surface area contributed by atoms with Crippen molar-refractivity contribution in [1.29, 1.82) is 0 Å². The molecule has 2 nitrogen and oxygen atoms in total. The van der Waals surface area contributed by atoms with E-state index in [0.717, 1.165) is 13.0 Å². The van der Waals surface area contributed by atoms with Gasteiger partial charge in [-0.25, -0.2) is 0 Å². The Labute approximate surface area is 109 Å². The standard InChI is InChI=1S/C16H21NO/c1-16(2,18)12-17-11-10-14-8-5-7-13-6-3-4-9-15(13)14/h3-9,17-18H,10-12H2,1-2H3. The van der Waals surface area contributed by atoms with Crippen molar-refractivity contribution in [3.63, 3.8) is 0 Å². The molecule has 0 aromatic heterocycles. The fourth-order valence-electron chi connectivity index (χ4n) is 2.13. The number of benzene rings is 2. The van der Waals surface area contributed by atoms with Gasteiger partial charge in [0.2, 0.25) is 0 Å². The van der Waals surface area contributed by atoms with Gasteiger partial charge >= 0.3 is 0 Å². The van der Waals surface area contributed by atoms with Crippen LogP contribution in [-0.4, -0.2) is 23.8 Å². The largest absolute Gasteiger partial charge is 0.389 e. The third-order valence-corrected chi connectivity index (χ3v) is 3.01. The number of aliphatic hydroxyl groups is 1. The quantitative estimate of drug-likeness (QED) is 0.791. The molecule has 0 atom stereocenters. The van der Waals surface area contributed by atoms with Crippen LogP contribution in [-0.2, 0) is 6.42 Å². The molecule has 0 unspecified atom stereocenters. The van der Waals surface area contributed by atoms with Crippen LogP contribution in [0, 0.1) is 0 Å². The summed E-state index contributed by atoms with van der Waals surface area (Å²) in [5.74, 6) is 0. The van der Waals surface area contributed by atoms with Gasteiger partial charge in [0, 0.05) is 6.54 Å². The van der Waals surface area contributed by atoms with Crippen molar-refractivity contribution >= 4 is 10.8 Å². The predicted molar refractivity (Wildman–Crippen MR) is 76.8 cm³/mol. The van der Waals surface area contributed by atoms with E-state index in [2.05, 4.69) is 47.8 Å². The number of rotatable bonds is 5. The summed E-state index contributed by atoms with van der Waals surface area (Å²) >= 11 is 0. The predicted octanol–water partition coefficient (Wildman–Crippen LogP) is 2.74. The second kappa shape index (κ2) is 5.51. The molecule has 0 fully saturated rings. The van der Waals surface area contributed by atoms with Crippen LogP contribution in [0.15, 0.2) is 42.5 Å². The molecule has 0 bridgehead atoms. The van der Waals surface area contributed by atoms with Gasteiger partial charge in [0.05, 0.1) is 5.60 Å². The second-order valence-electron chi connectivity index (χ2n) is 5.38. The molecule has 0 spiro atoms. The van der Waals surface area contributed by atoms with Crippen molar-refractivity contribution in [3.8, 4) is 0 Å². The van der Waals surface area contributed by atoms with Gasteiger partial charge < -0.3 is 10.4 Å². The van der Waals surface area contributed by atoms with Gasteiger partial charge in [-0.1, -0.05) is 42.5 Å². The van der Waals surface area contributed by atoms with Gasteiger partial charge in [-0.3, -0.25) is 0 Å². The third kappa shape index (κ3) is 3.56. The molecule has 2 aromatic rings. The van der Waals surface area contributed by atoms with Crippen LogP contribution in [0.4, 0.5) is 0 Å². The van der Waals surface area contributed by atoms with E-state index in [1.165, 1.54) is 16.3 Å². The smallest absolute Gasteiger partial charge is 0.0715 e. The van der Waals surface area contributed by atoms with Crippen LogP contribution in [0.1, 0.15) is 19.4 Å². The molecule has 0 saturated heterocycles. The monoisotopic (exact) mass is 243 g/mol. The first kappa shape index (κ1) is 13.1. The van der Waals surface area contributed by atoms with E-state index in [1.807, 2.05) is 13.8 Å². The topological polar surface area (TPSA) is 32.3 Å². The number of hydrogen-bond acceptors (Lipinski definition) is 2. The molecule has 0 aliphatic carbocycles. The Balaban J connectivity index is 2.00. The highest BCUT2D eigenvalue weighted by Crippen LogP contribution is 2.18. The lowest BCUT2D eigenvalue weighted by Gasteiger charge is -2.17. The maximum atomic E-state index is 9.62. The third-order valence-electron chi connectivity index (χ3n) is 3.01. The Bertz CT molecular complexity index is 508. The summed E-state index contributed by atoms with van der Waals surface area (Å²) in [6, 6.07) is 14.9. The van der Waals surface area contributed by atoms with Crippen molar-refractivity contribution in [2.75, 3.05) is 13.1 Å². The zero-order valence-corrected chi connectivity index (χ0v) is 11.1. The van der Waals surface area contributed by atoms with Gasteiger partial charge in [0.1, 0.15) is 0 Å². The minimum absolute atomic E-state index is 0.623. The van der Waals surface area contributed by atoms with Crippen molar-refractivity contribution < 1.29 is 5.11 Å². The molecule has 18 heavy (non-hydrogen) atoms. The number of nitrogens with one attached hydrogen (secondary N) is 1. The van der Waals surface area contributed by atoms with E-state index in [9.17, 15) is 5.11 Å². The van der Waals surface area contributed by atoms with Crippen molar-refractivity contribution in [3.05, 3.63) is 48.0 Å². The minimum Gasteiger partial charge on any atom is -0.389 e. The number of hydrogen-bond donors (Lipinski definition) is 2. The van der Waals surface area contributed by atoms with E-state index in [0.29, 0.717) is 6.54 Å². The van der Waals surface area contributed by atoms with Crippen molar-refractivity contribution in [1.82, 2.24) is 5.32 Å². The summed E-state index contributed by atoms with van der Waals surface area (Å²) in [4.78, 5) is 0. The average Bonchev–Trinajstić information content (AvgIpc) is 2.33. The van der Waals surface area contributed by atoms with Crippen LogP contribution < -0.4 is 5.32 Å². The Kier molecular flexibility index (Phi) is 4.00. The van der Waals surface area contributed by atoms with Crippen LogP contribution >= 0.6 is 0 Å². The Morgan fingerprint density at radius 3 is 2.56 bits per heavy atom. The van der Waals surface area contributed by atoms with Crippen LogP contribution in [0.3, 0.4) is 0 Å². The molecule has 2 aromatic carbocycles. The molecule has 2 heteroatoms. The highest BCUT2D eigenvalue weighted by atomic mass is 16.3. The molecule has 0 heterocycles. The highest BCUT2D eigenvalue weighted by Gasteiger charge is 2.10. The minimum atomic E-state index is -0.640. The summed E-state index contributed by atoms with van der Waals surface area (Å²) < 4.78 is 0. The van der Waals surface area contributed by atoms with Gasteiger partial charge in [0.25, 0.3) is 0 Å². The molecule has 0 aliphatic heterocycles. The summed E-state index contributed by atoms with van der Waals surface area (Å²) in [5, 5.41) is 15.5. The maximum absolute atomic E-state index is 9.62. The SMILES string of the molecule is CC(C)(O)CNCCc1cccc2ccccc12. The summed E-state index contributed by atoms with van der Waals surface area (Å²) in [6.45, 7) is 5.14. The molecule has 2 N–H and O–H groups in total. The van der Waals surface area contributed by atoms with E-state index < -0.39 is 5.60 Å². The Morgan fingerprint density at radius 1 is 1.06 bits per heavy atom. The fraction of sp³-hybridized carbons (Fsp3) is 0.375. The Morgan fingerprint density at radius 2 is 1.78 bits per heavy atom. The first-order valence-corrected chi connectivity index (χ1v) is 6.46. The highest BCUT2D eigenvalue weighted by molar-refractivity contribution is 5.85. The molecule has 96 valence electrons. The Hall–Kier alpha value is -1.38. The molecule has 0 radical (unpaired) electrons. The lowest BCUT2D eigenvalue weighted by Crippen LogP contribution is -2.35. The molecule has 2 rings (SSSR count). The maximum Gasteiger partial charge on any atom is 0.0715 e. The first-order valence-electron chi connectivity index (χ1n) is 6.46. The molecule has 0 saturated carbocycles. The van der Waals surface area contributed by atoms with Crippen LogP contribution in [0.5, 0.6) is 0 Å². The van der Waals surface area contributed by atoms with E-state index in [1.54, 1.807) is 0 Å². The molecular weight excluding hydrogens is 222 g/mol. The summed E-state index contributed by atoms with van der Waals surface area (Å²) in [5.41, 5.74) is 0.718. The summed E-state index contributed by atoms with van der Waals surface area (Å²) in [6.07, 6.45) is 0.984. The normalized spacial score (nSPS) is 11.9. The molecule has 0 amide bonds. The van der Waals surface area contributed by atoms with Crippen molar-refractivity contribution in [2.45, 2.75) is 25.9 Å². The second-order valence-corrected chi connectivity index (χ2v) is 5.38. The van der Waals surface area contributed by atoms with Gasteiger partial charge in [-0.2, -0.15) is 0 Å². The van der Waals surface area contributed by atoms with E-state index >= 15 is 0 Å². The van der Waals surface area contributed by atoms with Gasteiger partial charge in [-0.15, -0.1) is 0 Å². The average molecular weight is 243 g/mol. The fourth-order valence-corrected chi connectivity index (χ4v) is 2.13. The lowest BCUT2D eigenvalue weighted by molar-refractivity contribution is 0.0801. The molecular formula is C16H21NO. The van der Waals surface area contributed by atoms with E-state index in [-0.39, 0.29) is 0 Å². The van der Waals surface area contributed by atoms with Gasteiger partial charge in [-0.05, 0) is 43.1 Å². The summed E-state index contributed by atoms with van der Waals surface area (Å²) in [7, 11) is 0. The van der Waals surface area contributed by atoms with Gasteiger partial charge in [0.15, 0.2) is 0 Å². The van der Waals surface area contributed by atoms with Crippen molar-refractivity contribution in [2.24, 2.45) is 0 Å². The molecule has 0 aliphatic rings. The zero-order valence-electron chi connectivity index (χ0n) is 11.1. The zero-order chi connectivity index (χ0) is 13.0. The van der Waals surface area contributed by atoms with Crippen LogP contribution in [0.2, 0.25) is 0 Å². The first-order chi connectivity index (χ1) is 8.56. The van der Waals surface area contributed by atoms with E-state index in [4.69, 9.17) is 0 Å².